The third-order valence-corrected chi connectivity index (χ3v) is 1.79. The average molecular weight is 200 g/mol. The highest BCUT2D eigenvalue weighted by Crippen LogP contribution is 2.14. The lowest BCUT2D eigenvalue weighted by Gasteiger charge is -2.02. The zero-order valence-electron chi connectivity index (χ0n) is 6.80. The molecule has 0 aromatic heterocycles. The summed E-state index contributed by atoms with van der Waals surface area (Å²) in [4.78, 5) is 11.3. The zero-order chi connectivity index (χ0) is 8.97. The number of hydrogen-bond acceptors (Lipinski definition) is 1. The number of nitrogens with one attached hydrogen (secondary N) is 1. The van der Waals surface area contributed by atoms with Gasteiger partial charge in [-0.1, -0.05) is 31.2 Å². The second kappa shape index (κ2) is 5.60. The molecule has 0 aliphatic heterocycles. The minimum atomic E-state index is -0.122. The Balaban J connectivity index is 0.00000144. The molecule has 1 rings (SSSR count). The summed E-state index contributed by atoms with van der Waals surface area (Å²) in [5.74, 6) is -0.122. The lowest BCUT2D eigenvalue weighted by atomic mass is 10.2. The van der Waals surface area contributed by atoms with Gasteiger partial charge < -0.3 is 5.32 Å². The Hall–Kier alpha value is -1.02. The summed E-state index contributed by atoms with van der Waals surface area (Å²) in [6.45, 7) is 2.48. The van der Waals surface area contributed by atoms with E-state index in [0.717, 1.165) is 0 Å². The summed E-state index contributed by atoms with van der Waals surface area (Å²) < 4.78 is 0. The van der Waals surface area contributed by atoms with Crippen LogP contribution in [0.25, 0.3) is 0 Å². The Bertz CT molecular complexity index is 286. The highest BCUT2D eigenvalue weighted by atomic mass is 35.5. The number of amides is 1. The molecule has 0 unspecified atom stereocenters. The average Bonchev–Trinajstić information content (AvgIpc) is 2.05. The molecular formula is C10H14ClNO. The number of carbonyl (C=O) groups excluding carboxylic acids is 1. The molecule has 72 valence electrons. The van der Waals surface area contributed by atoms with Gasteiger partial charge in [-0.2, -0.15) is 0 Å². The normalized spacial score (nSPS) is 8.77. The Morgan fingerprint density at radius 2 is 2.08 bits per heavy atom. The van der Waals surface area contributed by atoms with E-state index in [2.05, 4.69) is 5.32 Å². The first-order valence-electron chi connectivity index (χ1n) is 3.78. The molecule has 0 radical (unpaired) electrons. The first-order valence-corrected chi connectivity index (χ1v) is 4.16. The van der Waals surface area contributed by atoms with E-state index in [1.54, 1.807) is 24.3 Å². The summed E-state index contributed by atoms with van der Waals surface area (Å²) in [5.41, 5.74) is 0.529. The number of halogens is 1. The van der Waals surface area contributed by atoms with Crippen molar-refractivity contribution in [1.82, 2.24) is 5.32 Å². The predicted molar refractivity (Wildman–Crippen MR) is 56.2 cm³/mol. The fraction of sp³-hybridized carbons (Fsp3) is 0.300. The van der Waals surface area contributed by atoms with Gasteiger partial charge in [0, 0.05) is 6.54 Å². The van der Waals surface area contributed by atoms with Crippen LogP contribution in [0.3, 0.4) is 0 Å². The first-order chi connectivity index (χ1) is 5.75. The van der Waals surface area contributed by atoms with Gasteiger partial charge in [0.2, 0.25) is 0 Å². The molecule has 0 saturated heterocycles. The Kier molecular flexibility index (Phi) is 5.16. The topological polar surface area (TPSA) is 29.1 Å². The van der Waals surface area contributed by atoms with Crippen LogP contribution >= 0.6 is 11.6 Å². The van der Waals surface area contributed by atoms with Crippen LogP contribution in [0.2, 0.25) is 5.02 Å². The molecule has 1 aromatic rings. The minimum Gasteiger partial charge on any atom is -0.352 e. The largest absolute Gasteiger partial charge is 0.352 e. The maximum Gasteiger partial charge on any atom is 0.252 e. The molecule has 0 atom stereocenters. The second-order valence-corrected chi connectivity index (χ2v) is 2.75. The molecule has 1 amide bonds. The monoisotopic (exact) mass is 199 g/mol. The number of rotatable bonds is 2. The SMILES string of the molecule is C.CCNC(=O)c1ccccc1Cl. The van der Waals surface area contributed by atoms with Crippen molar-refractivity contribution in [1.29, 1.82) is 0 Å². The van der Waals surface area contributed by atoms with Crippen molar-refractivity contribution in [2.24, 2.45) is 0 Å². The molecule has 0 spiro atoms. The molecule has 0 heterocycles. The third kappa shape index (κ3) is 3.07. The molecule has 0 saturated carbocycles. The van der Waals surface area contributed by atoms with Crippen LogP contribution in [0.4, 0.5) is 0 Å². The van der Waals surface area contributed by atoms with Gasteiger partial charge in [-0.25, -0.2) is 0 Å². The van der Waals surface area contributed by atoms with Crippen molar-refractivity contribution >= 4 is 17.5 Å². The highest BCUT2D eigenvalue weighted by Gasteiger charge is 2.06. The summed E-state index contributed by atoms with van der Waals surface area (Å²) in [7, 11) is 0. The molecule has 1 aromatic carbocycles. The predicted octanol–water partition coefficient (Wildman–Crippen LogP) is 2.73. The molecule has 0 fully saturated rings. The van der Waals surface area contributed by atoms with Crippen LogP contribution in [0.1, 0.15) is 24.7 Å². The van der Waals surface area contributed by atoms with E-state index >= 15 is 0 Å². The van der Waals surface area contributed by atoms with Crippen LogP contribution in [-0.2, 0) is 0 Å². The summed E-state index contributed by atoms with van der Waals surface area (Å²) in [6.07, 6.45) is 0. The second-order valence-electron chi connectivity index (χ2n) is 2.34. The first kappa shape index (κ1) is 12.0. The van der Waals surface area contributed by atoms with Gasteiger partial charge in [0.25, 0.3) is 5.91 Å². The van der Waals surface area contributed by atoms with E-state index in [1.807, 2.05) is 6.92 Å². The van der Waals surface area contributed by atoms with Crippen molar-refractivity contribution in [3.8, 4) is 0 Å². The molecule has 0 aliphatic carbocycles. The molecular weight excluding hydrogens is 186 g/mol. The third-order valence-electron chi connectivity index (χ3n) is 1.46. The molecule has 1 N–H and O–H groups in total. The van der Waals surface area contributed by atoms with Crippen molar-refractivity contribution in [3.05, 3.63) is 34.9 Å². The van der Waals surface area contributed by atoms with Gasteiger partial charge in [0.05, 0.1) is 10.6 Å². The fourth-order valence-electron chi connectivity index (χ4n) is 0.901. The van der Waals surface area contributed by atoms with Crippen molar-refractivity contribution < 1.29 is 4.79 Å². The Morgan fingerprint density at radius 1 is 1.46 bits per heavy atom. The standard InChI is InChI=1S/C9H10ClNO.CH4/c1-2-11-9(12)7-5-3-4-6-8(7)10;/h3-6H,2H2,1H3,(H,11,12);1H4. The quantitative estimate of drug-likeness (QED) is 0.780. The summed E-state index contributed by atoms with van der Waals surface area (Å²) in [5, 5.41) is 3.17. The van der Waals surface area contributed by atoms with Gasteiger partial charge in [0.1, 0.15) is 0 Å². The molecule has 2 nitrogen and oxygen atoms in total. The Morgan fingerprint density at radius 3 is 2.62 bits per heavy atom. The highest BCUT2D eigenvalue weighted by molar-refractivity contribution is 6.33. The summed E-state index contributed by atoms with van der Waals surface area (Å²) >= 11 is 5.79. The van der Waals surface area contributed by atoms with Crippen LogP contribution < -0.4 is 5.32 Å². The number of hydrogen-bond donors (Lipinski definition) is 1. The van der Waals surface area contributed by atoms with Crippen molar-refractivity contribution in [2.45, 2.75) is 14.4 Å². The minimum absolute atomic E-state index is 0. The zero-order valence-corrected chi connectivity index (χ0v) is 7.56. The number of carbonyl (C=O) groups is 1. The van der Waals surface area contributed by atoms with Gasteiger partial charge in [-0.05, 0) is 19.1 Å². The van der Waals surface area contributed by atoms with Gasteiger partial charge >= 0.3 is 0 Å². The lowest BCUT2D eigenvalue weighted by Crippen LogP contribution is -2.22. The maximum absolute atomic E-state index is 11.3. The van der Waals surface area contributed by atoms with Crippen molar-refractivity contribution in [2.75, 3.05) is 6.54 Å². The van der Waals surface area contributed by atoms with E-state index in [-0.39, 0.29) is 13.3 Å². The smallest absolute Gasteiger partial charge is 0.252 e. The van der Waals surface area contributed by atoms with Crippen LogP contribution in [0.5, 0.6) is 0 Å². The van der Waals surface area contributed by atoms with E-state index in [1.165, 1.54) is 0 Å². The van der Waals surface area contributed by atoms with Crippen LogP contribution in [-0.4, -0.2) is 12.5 Å². The lowest BCUT2D eigenvalue weighted by molar-refractivity contribution is 0.0956. The van der Waals surface area contributed by atoms with E-state index < -0.39 is 0 Å². The Labute approximate surface area is 83.9 Å². The fourth-order valence-corrected chi connectivity index (χ4v) is 1.12. The van der Waals surface area contributed by atoms with E-state index in [4.69, 9.17) is 11.6 Å². The van der Waals surface area contributed by atoms with Gasteiger partial charge in [0.15, 0.2) is 0 Å². The summed E-state index contributed by atoms with van der Waals surface area (Å²) in [6, 6.07) is 6.99. The van der Waals surface area contributed by atoms with Crippen LogP contribution in [0, 0.1) is 0 Å². The van der Waals surface area contributed by atoms with Crippen LogP contribution in [0.15, 0.2) is 24.3 Å². The molecule has 3 heteroatoms. The maximum atomic E-state index is 11.3. The van der Waals surface area contributed by atoms with Gasteiger partial charge in [-0.15, -0.1) is 0 Å². The van der Waals surface area contributed by atoms with Crippen molar-refractivity contribution in [3.63, 3.8) is 0 Å². The van der Waals surface area contributed by atoms with Gasteiger partial charge in [-0.3, -0.25) is 4.79 Å². The molecule has 0 aliphatic rings. The molecule has 0 bridgehead atoms. The molecule has 13 heavy (non-hydrogen) atoms. The van der Waals surface area contributed by atoms with E-state index in [0.29, 0.717) is 17.1 Å². The number of benzene rings is 1. The van der Waals surface area contributed by atoms with E-state index in [9.17, 15) is 4.79 Å².